The number of methoxy groups -OCH3 is 1. The maximum Gasteiger partial charge on any atom is 0.237 e. The van der Waals surface area contributed by atoms with Gasteiger partial charge in [-0.1, -0.05) is 54.2 Å². The van der Waals surface area contributed by atoms with Gasteiger partial charge in [0.1, 0.15) is 11.4 Å². The Bertz CT molecular complexity index is 1160. The number of para-hydroxylation sites is 2. The molecule has 3 aromatic carbocycles. The molecule has 0 saturated heterocycles. The van der Waals surface area contributed by atoms with Crippen LogP contribution in [0, 0.1) is 0 Å². The second kappa shape index (κ2) is 8.32. The summed E-state index contributed by atoms with van der Waals surface area (Å²) in [5.74, 6) is 0.523. The molecule has 1 atom stereocenters. The highest BCUT2D eigenvalue weighted by atomic mass is 32.2. The summed E-state index contributed by atoms with van der Waals surface area (Å²) in [7, 11) is 1.59. The predicted octanol–water partition coefficient (Wildman–Crippen LogP) is 3.94. The van der Waals surface area contributed by atoms with E-state index < -0.39 is 5.25 Å². The quantitative estimate of drug-likeness (QED) is 0.489. The maximum atomic E-state index is 12.7. The number of nitrogens with zero attached hydrogens (tertiary/aromatic N) is 4. The number of tetrazole rings is 1. The fourth-order valence-electron chi connectivity index (χ4n) is 2.93. The standard InChI is InChI=1S/C21H19N5O2S/c1-14(20(27)22-17-12-11-15-7-3-4-8-16(15)13-17)29-21-23-24-25-26(21)18-9-5-6-10-19(18)28-2/h3-14H,1-2H3,(H,22,27). The van der Waals surface area contributed by atoms with Crippen LogP contribution >= 0.6 is 11.8 Å². The van der Waals surface area contributed by atoms with Gasteiger partial charge in [0.15, 0.2) is 0 Å². The topological polar surface area (TPSA) is 81.9 Å². The number of hydrogen-bond acceptors (Lipinski definition) is 6. The summed E-state index contributed by atoms with van der Waals surface area (Å²) in [6.45, 7) is 1.82. The van der Waals surface area contributed by atoms with Crippen LogP contribution in [0.1, 0.15) is 6.92 Å². The van der Waals surface area contributed by atoms with Crippen LogP contribution < -0.4 is 10.1 Å². The van der Waals surface area contributed by atoms with Crippen molar-refractivity contribution < 1.29 is 9.53 Å². The summed E-state index contributed by atoms with van der Waals surface area (Å²) in [5, 5.41) is 17.2. The molecule has 146 valence electrons. The molecule has 0 aliphatic carbocycles. The van der Waals surface area contributed by atoms with Gasteiger partial charge >= 0.3 is 0 Å². The van der Waals surface area contributed by atoms with E-state index in [0.29, 0.717) is 16.6 Å². The Labute approximate surface area is 172 Å². The Morgan fingerprint density at radius 3 is 2.66 bits per heavy atom. The normalized spacial score (nSPS) is 11.9. The molecule has 8 heteroatoms. The lowest BCUT2D eigenvalue weighted by atomic mass is 10.1. The zero-order valence-corrected chi connectivity index (χ0v) is 16.8. The predicted molar refractivity (Wildman–Crippen MR) is 114 cm³/mol. The van der Waals surface area contributed by atoms with Crippen molar-refractivity contribution in [3.63, 3.8) is 0 Å². The van der Waals surface area contributed by atoms with Crippen molar-refractivity contribution in [1.82, 2.24) is 20.2 Å². The van der Waals surface area contributed by atoms with Gasteiger partial charge in [0.05, 0.1) is 12.4 Å². The van der Waals surface area contributed by atoms with E-state index in [4.69, 9.17) is 4.74 Å². The summed E-state index contributed by atoms with van der Waals surface area (Å²) in [6.07, 6.45) is 0. The zero-order valence-electron chi connectivity index (χ0n) is 15.9. The fourth-order valence-corrected chi connectivity index (χ4v) is 3.73. The lowest BCUT2D eigenvalue weighted by Crippen LogP contribution is -2.23. The molecule has 1 amide bonds. The van der Waals surface area contributed by atoms with Crippen molar-refractivity contribution in [1.29, 1.82) is 0 Å². The van der Waals surface area contributed by atoms with Crippen molar-refractivity contribution in [2.24, 2.45) is 0 Å². The van der Waals surface area contributed by atoms with Gasteiger partial charge in [-0.2, -0.15) is 4.68 Å². The highest BCUT2D eigenvalue weighted by Crippen LogP contribution is 2.28. The van der Waals surface area contributed by atoms with Gasteiger partial charge in [-0.25, -0.2) is 0 Å². The summed E-state index contributed by atoms with van der Waals surface area (Å²) >= 11 is 1.28. The number of thioether (sulfide) groups is 1. The van der Waals surface area contributed by atoms with E-state index in [9.17, 15) is 4.79 Å². The van der Waals surface area contributed by atoms with Crippen LogP contribution in [0.2, 0.25) is 0 Å². The Hall–Kier alpha value is -3.39. The Kier molecular flexibility index (Phi) is 5.44. The smallest absolute Gasteiger partial charge is 0.237 e. The van der Waals surface area contributed by atoms with E-state index in [1.54, 1.807) is 11.8 Å². The number of anilines is 1. The molecule has 0 bridgehead atoms. The summed E-state index contributed by atoms with van der Waals surface area (Å²) in [5.41, 5.74) is 1.47. The van der Waals surface area contributed by atoms with E-state index in [0.717, 1.165) is 16.5 Å². The third-order valence-electron chi connectivity index (χ3n) is 4.42. The molecule has 7 nitrogen and oxygen atoms in total. The molecular weight excluding hydrogens is 386 g/mol. The molecule has 0 radical (unpaired) electrons. The van der Waals surface area contributed by atoms with Gasteiger partial charge in [0.25, 0.3) is 0 Å². The second-order valence-electron chi connectivity index (χ2n) is 6.36. The number of fused-ring (bicyclic) bond motifs is 1. The number of aromatic nitrogens is 4. The number of benzene rings is 3. The van der Waals surface area contributed by atoms with Crippen LogP contribution in [0.5, 0.6) is 5.75 Å². The Balaban J connectivity index is 1.50. The first-order valence-electron chi connectivity index (χ1n) is 9.04. The molecule has 0 aliphatic rings. The fraction of sp³-hybridized carbons (Fsp3) is 0.143. The Morgan fingerprint density at radius 2 is 1.83 bits per heavy atom. The number of carbonyl (C=O) groups is 1. The van der Waals surface area contributed by atoms with E-state index >= 15 is 0 Å². The van der Waals surface area contributed by atoms with Crippen molar-refractivity contribution in [2.75, 3.05) is 12.4 Å². The number of hydrogen-bond donors (Lipinski definition) is 1. The molecule has 1 aromatic heterocycles. The van der Waals surface area contributed by atoms with Crippen molar-refractivity contribution >= 4 is 34.1 Å². The molecule has 0 fully saturated rings. The first kappa shape index (κ1) is 18.9. The van der Waals surface area contributed by atoms with E-state index in [1.807, 2.05) is 73.7 Å². The van der Waals surface area contributed by atoms with Gasteiger partial charge in [-0.15, -0.1) is 5.10 Å². The largest absolute Gasteiger partial charge is 0.494 e. The summed E-state index contributed by atoms with van der Waals surface area (Å²) in [4.78, 5) is 12.7. The highest BCUT2D eigenvalue weighted by molar-refractivity contribution is 8.00. The van der Waals surface area contributed by atoms with Gasteiger partial charge < -0.3 is 10.1 Å². The molecule has 1 N–H and O–H groups in total. The van der Waals surface area contributed by atoms with Gasteiger partial charge in [0.2, 0.25) is 11.1 Å². The molecule has 1 unspecified atom stereocenters. The molecule has 0 spiro atoms. The number of nitrogens with one attached hydrogen (secondary N) is 1. The average Bonchev–Trinajstić information content (AvgIpc) is 3.21. The van der Waals surface area contributed by atoms with Crippen LogP contribution in [-0.2, 0) is 4.79 Å². The second-order valence-corrected chi connectivity index (χ2v) is 7.66. The number of amides is 1. The molecule has 0 aliphatic heterocycles. The van der Waals surface area contributed by atoms with Crippen molar-refractivity contribution in [2.45, 2.75) is 17.3 Å². The van der Waals surface area contributed by atoms with Crippen LogP contribution in [-0.4, -0.2) is 38.5 Å². The number of carbonyl (C=O) groups excluding carboxylic acids is 1. The molecule has 1 heterocycles. The van der Waals surface area contributed by atoms with E-state index in [-0.39, 0.29) is 5.91 Å². The first-order chi connectivity index (χ1) is 14.2. The molecule has 29 heavy (non-hydrogen) atoms. The molecule has 0 saturated carbocycles. The zero-order chi connectivity index (χ0) is 20.2. The Morgan fingerprint density at radius 1 is 1.07 bits per heavy atom. The van der Waals surface area contributed by atoms with Gasteiger partial charge in [-0.3, -0.25) is 4.79 Å². The van der Waals surface area contributed by atoms with Crippen molar-refractivity contribution in [3.05, 3.63) is 66.7 Å². The SMILES string of the molecule is COc1ccccc1-n1nnnc1SC(C)C(=O)Nc1ccc2ccccc2c1. The lowest BCUT2D eigenvalue weighted by Gasteiger charge is -2.13. The van der Waals surface area contributed by atoms with Gasteiger partial charge in [-0.05, 0) is 52.4 Å². The van der Waals surface area contributed by atoms with E-state index in [1.165, 1.54) is 11.8 Å². The minimum absolute atomic E-state index is 0.125. The van der Waals surface area contributed by atoms with Crippen LogP contribution in [0.4, 0.5) is 5.69 Å². The van der Waals surface area contributed by atoms with Gasteiger partial charge in [0, 0.05) is 5.69 Å². The van der Waals surface area contributed by atoms with Crippen LogP contribution in [0.25, 0.3) is 16.5 Å². The first-order valence-corrected chi connectivity index (χ1v) is 9.92. The van der Waals surface area contributed by atoms with E-state index in [2.05, 4.69) is 20.8 Å². The highest BCUT2D eigenvalue weighted by Gasteiger charge is 2.20. The molecular formula is C21H19N5O2S. The maximum absolute atomic E-state index is 12.7. The number of ether oxygens (including phenoxy) is 1. The summed E-state index contributed by atoms with van der Waals surface area (Å²) in [6, 6.07) is 21.3. The lowest BCUT2D eigenvalue weighted by molar-refractivity contribution is -0.115. The third-order valence-corrected chi connectivity index (χ3v) is 5.46. The molecule has 4 rings (SSSR count). The minimum Gasteiger partial charge on any atom is -0.494 e. The minimum atomic E-state index is -0.402. The average molecular weight is 405 g/mol. The van der Waals surface area contributed by atoms with Crippen LogP contribution in [0.15, 0.2) is 71.9 Å². The van der Waals surface area contributed by atoms with Crippen LogP contribution in [0.3, 0.4) is 0 Å². The molecule has 4 aromatic rings. The monoisotopic (exact) mass is 405 g/mol. The van der Waals surface area contributed by atoms with Crippen molar-refractivity contribution in [3.8, 4) is 11.4 Å². The number of rotatable bonds is 6. The summed E-state index contributed by atoms with van der Waals surface area (Å²) < 4.78 is 6.96. The third kappa shape index (κ3) is 4.07.